The van der Waals surface area contributed by atoms with Crippen LogP contribution in [0.15, 0.2) is 53.5 Å². The van der Waals surface area contributed by atoms with Gasteiger partial charge in [-0.3, -0.25) is 10.1 Å². The van der Waals surface area contributed by atoms with E-state index in [1.807, 2.05) is 24.3 Å². The van der Waals surface area contributed by atoms with E-state index in [1.54, 1.807) is 14.2 Å². The number of aromatic amines is 1. The summed E-state index contributed by atoms with van der Waals surface area (Å²) < 4.78 is 5.18. The first-order valence-electron chi connectivity index (χ1n) is 9.66. The minimum Gasteiger partial charge on any atom is -0.497 e. The van der Waals surface area contributed by atoms with Crippen molar-refractivity contribution in [1.82, 2.24) is 25.8 Å². The van der Waals surface area contributed by atoms with Crippen LogP contribution in [0.4, 0.5) is 0 Å². The van der Waals surface area contributed by atoms with Crippen molar-refractivity contribution in [1.29, 1.82) is 0 Å². The summed E-state index contributed by atoms with van der Waals surface area (Å²) in [6.45, 7) is 5.59. The largest absolute Gasteiger partial charge is 0.497 e. The van der Waals surface area contributed by atoms with Crippen LogP contribution in [-0.4, -0.2) is 41.8 Å². The smallest absolute Gasteiger partial charge is 0.191 e. The van der Waals surface area contributed by atoms with Gasteiger partial charge in [0.1, 0.15) is 11.6 Å². The Morgan fingerprint density at radius 2 is 1.83 bits per heavy atom. The van der Waals surface area contributed by atoms with Crippen LogP contribution in [0.1, 0.15) is 29.8 Å². The molecule has 29 heavy (non-hydrogen) atoms. The van der Waals surface area contributed by atoms with Crippen LogP contribution in [0, 0.1) is 6.92 Å². The molecule has 7 nitrogen and oxygen atoms in total. The fourth-order valence-electron chi connectivity index (χ4n) is 2.89. The zero-order chi connectivity index (χ0) is 20.6. The maximum absolute atomic E-state index is 5.18. The second kappa shape index (κ2) is 9.73. The topological polar surface area (TPSA) is 87.2 Å². The Labute approximate surface area is 171 Å². The van der Waals surface area contributed by atoms with Crippen molar-refractivity contribution in [2.75, 3.05) is 20.7 Å². The first kappa shape index (κ1) is 20.4. The molecule has 3 rings (SSSR count). The number of hydrogen-bond donors (Lipinski definition) is 3. The Morgan fingerprint density at radius 3 is 2.48 bits per heavy atom. The zero-order valence-electron chi connectivity index (χ0n) is 17.4. The Balaban J connectivity index is 1.51. The molecule has 0 fully saturated rings. The van der Waals surface area contributed by atoms with Crippen LogP contribution < -0.4 is 15.4 Å². The van der Waals surface area contributed by atoms with Gasteiger partial charge in [0.05, 0.1) is 13.7 Å². The van der Waals surface area contributed by atoms with Crippen molar-refractivity contribution in [3.05, 3.63) is 65.5 Å². The van der Waals surface area contributed by atoms with E-state index < -0.39 is 0 Å². The third-order valence-electron chi connectivity index (χ3n) is 4.75. The molecule has 0 radical (unpaired) electrons. The van der Waals surface area contributed by atoms with Crippen LogP contribution in [0.5, 0.6) is 5.75 Å². The van der Waals surface area contributed by atoms with Gasteiger partial charge < -0.3 is 15.4 Å². The molecule has 0 bridgehead atoms. The second-order valence-electron chi connectivity index (χ2n) is 6.95. The van der Waals surface area contributed by atoms with E-state index in [2.05, 4.69) is 68.9 Å². The molecule has 0 aliphatic rings. The van der Waals surface area contributed by atoms with Crippen LogP contribution in [0.25, 0.3) is 11.4 Å². The van der Waals surface area contributed by atoms with Crippen LogP contribution in [0.3, 0.4) is 0 Å². The highest BCUT2D eigenvalue weighted by Crippen LogP contribution is 2.19. The first-order chi connectivity index (χ1) is 14.1. The summed E-state index contributed by atoms with van der Waals surface area (Å²) >= 11 is 0. The van der Waals surface area contributed by atoms with Crippen LogP contribution >= 0.6 is 0 Å². The average molecular weight is 393 g/mol. The molecule has 1 atom stereocenters. The molecule has 1 unspecified atom stereocenters. The molecule has 3 aromatic rings. The van der Waals surface area contributed by atoms with E-state index in [0.717, 1.165) is 29.6 Å². The molecule has 0 saturated carbocycles. The number of aliphatic imine (C=N–C) groups is 1. The molecular formula is C22H28N6O. The fraction of sp³-hybridized carbons (Fsp3) is 0.318. The van der Waals surface area contributed by atoms with Crippen LogP contribution in [-0.2, 0) is 6.54 Å². The van der Waals surface area contributed by atoms with Crippen molar-refractivity contribution in [3.63, 3.8) is 0 Å². The molecule has 2 aromatic carbocycles. The number of H-pyrrole nitrogens is 1. The maximum Gasteiger partial charge on any atom is 0.191 e. The number of nitrogens with one attached hydrogen (secondary N) is 3. The van der Waals surface area contributed by atoms with Gasteiger partial charge in [-0.25, -0.2) is 4.98 Å². The molecule has 0 amide bonds. The van der Waals surface area contributed by atoms with E-state index in [4.69, 9.17) is 4.74 Å². The van der Waals surface area contributed by atoms with Crippen molar-refractivity contribution in [2.45, 2.75) is 26.3 Å². The second-order valence-corrected chi connectivity index (χ2v) is 6.95. The van der Waals surface area contributed by atoms with Gasteiger partial charge in [-0.15, -0.1) is 0 Å². The van der Waals surface area contributed by atoms with E-state index >= 15 is 0 Å². The number of ether oxygens (including phenoxy) is 1. The SMILES string of the molecule is CN=C(NCc1nc(-c2ccc(OC)cc2)n[nH]1)NCC(C)c1ccc(C)cc1. The Kier molecular flexibility index (Phi) is 6.84. The summed E-state index contributed by atoms with van der Waals surface area (Å²) in [5.74, 6) is 3.30. The number of aromatic nitrogens is 3. The molecule has 7 heteroatoms. The lowest BCUT2D eigenvalue weighted by molar-refractivity contribution is 0.415. The molecule has 1 aromatic heterocycles. The molecular weight excluding hydrogens is 364 g/mol. The number of benzene rings is 2. The minimum atomic E-state index is 0.376. The third-order valence-corrected chi connectivity index (χ3v) is 4.75. The minimum absolute atomic E-state index is 0.376. The highest BCUT2D eigenvalue weighted by atomic mass is 16.5. The molecule has 3 N–H and O–H groups in total. The molecule has 0 saturated heterocycles. The maximum atomic E-state index is 5.18. The Bertz CT molecular complexity index is 931. The lowest BCUT2D eigenvalue weighted by Crippen LogP contribution is -2.38. The summed E-state index contributed by atoms with van der Waals surface area (Å²) in [6, 6.07) is 16.3. The Hall–Kier alpha value is -3.35. The summed E-state index contributed by atoms with van der Waals surface area (Å²) in [7, 11) is 3.41. The predicted octanol–water partition coefficient (Wildman–Crippen LogP) is 3.26. The van der Waals surface area contributed by atoms with E-state index in [0.29, 0.717) is 18.3 Å². The van der Waals surface area contributed by atoms with Crippen LogP contribution in [0.2, 0.25) is 0 Å². The Morgan fingerprint density at radius 1 is 1.10 bits per heavy atom. The van der Waals surface area contributed by atoms with Gasteiger partial charge in [-0.2, -0.15) is 5.10 Å². The molecule has 0 aliphatic heterocycles. The number of nitrogens with zero attached hydrogens (tertiary/aromatic N) is 3. The molecule has 0 aliphatic carbocycles. The zero-order valence-corrected chi connectivity index (χ0v) is 17.4. The highest BCUT2D eigenvalue weighted by molar-refractivity contribution is 5.79. The quantitative estimate of drug-likeness (QED) is 0.424. The summed E-state index contributed by atoms with van der Waals surface area (Å²) in [5, 5.41) is 13.9. The van der Waals surface area contributed by atoms with Gasteiger partial charge in [0.25, 0.3) is 0 Å². The van der Waals surface area contributed by atoms with E-state index in [-0.39, 0.29) is 0 Å². The van der Waals surface area contributed by atoms with Gasteiger partial charge in [0, 0.05) is 19.2 Å². The number of guanidine groups is 1. The third kappa shape index (κ3) is 5.57. The van der Waals surface area contributed by atoms with Crippen molar-refractivity contribution < 1.29 is 4.74 Å². The lowest BCUT2D eigenvalue weighted by atomic mass is 10.0. The normalized spacial score (nSPS) is 12.5. The van der Waals surface area contributed by atoms with Gasteiger partial charge in [0.2, 0.25) is 0 Å². The highest BCUT2D eigenvalue weighted by Gasteiger charge is 2.09. The van der Waals surface area contributed by atoms with Crippen molar-refractivity contribution in [2.24, 2.45) is 4.99 Å². The first-order valence-corrected chi connectivity index (χ1v) is 9.66. The van der Waals surface area contributed by atoms with Gasteiger partial charge in [-0.1, -0.05) is 36.8 Å². The fourth-order valence-corrected chi connectivity index (χ4v) is 2.89. The number of rotatable bonds is 7. The number of aryl methyl sites for hydroxylation is 1. The lowest BCUT2D eigenvalue weighted by Gasteiger charge is -2.16. The van der Waals surface area contributed by atoms with E-state index in [1.165, 1.54) is 11.1 Å². The van der Waals surface area contributed by atoms with Gasteiger partial charge >= 0.3 is 0 Å². The van der Waals surface area contributed by atoms with Gasteiger partial charge in [-0.05, 0) is 42.7 Å². The van der Waals surface area contributed by atoms with E-state index in [9.17, 15) is 0 Å². The van der Waals surface area contributed by atoms with Crippen molar-refractivity contribution in [3.8, 4) is 17.1 Å². The summed E-state index contributed by atoms with van der Waals surface area (Å²) in [4.78, 5) is 8.83. The average Bonchev–Trinajstić information content (AvgIpc) is 3.23. The number of methoxy groups -OCH3 is 1. The number of hydrogen-bond acceptors (Lipinski definition) is 4. The summed E-state index contributed by atoms with van der Waals surface area (Å²) in [6.07, 6.45) is 0. The summed E-state index contributed by atoms with van der Waals surface area (Å²) in [5.41, 5.74) is 3.51. The molecule has 152 valence electrons. The monoisotopic (exact) mass is 392 g/mol. The van der Waals surface area contributed by atoms with Gasteiger partial charge in [0.15, 0.2) is 11.8 Å². The predicted molar refractivity (Wildman–Crippen MR) is 116 cm³/mol. The molecule has 0 spiro atoms. The molecule has 1 heterocycles. The standard InChI is InChI=1S/C22H28N6O/c1-15-5-7-17(8-6-15)16(2)13-24-22(23-3)25-14-20-26-21(28-27-20)18-9-11-19(29-4)12-10-18/h5-12,16H,13-14H2,1-4H3,(H2,23,24,25)(H,26,27,28). The van der Waals surface area contributed by atoms with Crippen molar-refractivity contribution >= 4 is 5.96 Å².